The number of aryl methyl sites for hydroxylation is 1. The second-order valence-corrected chi connectivity index (χ2v) is 5.16. The Balaban J connectivity index is 2.78. The third kappa shape index (κ3) is 3.78. The van der Waals surface area contributed by atoms with Crippen LogP contribution in [0.1, 0.15) is 43.1 Å². The van der Waals surface area contributed by atoms with E-state index >= 15 is 0 Å². The summed E-state index contributed by atoms with van der Waals surface area (Å²) < 4.78 is 0.913. The molecule has 0 amide bonds. The number of ketones is 1. The molecular weight excluding hydrogens is 252 g/mol. The van der Waals surface area contributed by atoms with Crippen molar-refractivity contribution in [2.24, 2.45) is 5.92 Å². The summed E-state index contributed by atoms with van der Waals surface area (Å²) in [5, 5.41) is 0. The van der Waals surface area contributed by atoms with Gasteiger partial charge in [0.05, 0.1) is 0 Å². The number of halogens is 1. The summed E-state index contributed by atoms with van der Waals surface area (Å²) in [5.41, 5.74) is 2.06. The number of carbonyl (C=O) groups excluding carboxylic acids is 1. The lowest BCUT2D eigenvalue weighted by Crippen LogP contribution is -1.96. The Kier molecular flexibility index (Phi) is 4.52. The standard InChI is InChI=1S/C13H17BrO/c1-9(2)4-5-11-6-7-12(10(3)15)13(14)8-11/h6-9H,4-5H2,1-3H3. The van der Waals surface area contributed by atoms with Crippen LogP contribution in [-0.4, -0.2) is 5.78 Å². The first-order valence-corrected chi connectivity index (χ1v) is 6.09. The lowest BCUT2D eigenvalue weighted by Gasteiger charge is -2.07. The zero-order chi connectivity index (χ0) is 11.4. The molecule has 0 heterocycles. The van der Waals surface area contributed by atoms with Crippen molar-refractivity contribution in [3.05, 3.63) is 33.8 Å². The van der Waals surface area contributed by atoms with Crippen molar-refractivity contribution in [2.75, 3.05) is 0 Å². The Bertz CT molecular complexity index is 356. The lowest BCUT2D eigenvalue weighted by atomic mass is 10.0. The first-order chi connectivity index (χ1) is 7.00. The summed E-state index contributed by atoms with van der Waals surface area (Å²) in [6, 6.07) is 6.01. The average Bonchev–Trinajstić information content (AvgIpc) is 2.14. The highest BCUT2D eigenvalue weighted by atomic mass is 79.9. The van der Waals surface area contributed by atoms with E-state index in [1.165, 1.54) is 12.0 Å². The van der Waals surface area contributed by atoms with Crippen LogP contribution in [0.3, 0.4) is 0 Å². The molecule has 15 heavy (non-hydrogen) atoms. The van der Waals surface area contributed by atoms with Crippen LogP contribution >= 0.6 is 15.9 Å². The van der Waals surface area contributed by atoms with Crippen LogP contribution in [-0.2, 0) is 6.42 Å². The van der Waals surface area contributed by atoms with Gasteiger partial charge in [0.15, 0.2) is 5.78 Å². The molecule has 1 aromatic rings. The smallest absolute Gasteiger partial charge is 0.160 e. The van der Waals surface area contributed by atoms with Gasteiger partial charge in [0.25, 0.3) is 0 Å². The van der Waals surface area contributed by atoms with E-state index in [9.17, 15) is 4.79 Å². The molecule has 0 atom stereocenters. The van der Waals surface area contributed by atoms with Crippen LogP contribution in [0.5, 0.6) is 0 Å². The molecule has 0 aromatic heterocycles. The van der Waals surface area contributed by atoms with Gasteiger partial charge in [-0.15, -0.1) is 0 Å². The van der Waals surface area contributed by atoms with E-state index in [2.05, 4.69) is 35.8 Å². The minimum atomic E-state index is 0.109. The zero-order valence-corrected chi connectivity index (χ0v) is 11.1. The molecule has 0 N–H and O–H groups in total. The number of hydrogen-bond donors (Lipinski definition) is 0. The topological polar surface area (TPSA) is 17.1 Å². The highest BCUT2D eigenvalue weighted by Crippen LogP contribution is 2.20. The Hall–Kier alpha value is -0.630. The maximum atomic E-state index is 11.2. The van der Waals surface area contributed by atoms with Crippen molar-refractivity contribution in [3.8, 4) is 0 Å². The van der Waals surface area contributed by atoms with Crippen LogP contribution in [0.25, 0.3) is 0 Å². The minimum absolute atomic E-state index is 0.109. The number of benzene rings is 1. The molecule has 0 aliphatic heterocycles. The second kappa shape index (κ2) is 5.45. The fourth-order valence-electron chi connectivity index (χ4n) is 1.45. The van der Waals surface area contributed by atoms with Crippen LogP contribution < -0.4 is 0 Å². The number of rotatable bonds is 4. The van der Waals surface area contributed by atoms with Gasteiger partial charge in [-0.2, -0.15) is 0 Å². The third-order valence-corrected chi connectivity index (χ3v) is 3.08. The maximum Gasteiger partial charge on any atom is 0.160 e. The maximum absolute atomic E-state index is 11.2. The quantitative estimate of drug-likeness (QED) is 0.747. The summed E-state index contributed by atoms with van der Waals surface area (Å²) >= 11 is 3.43. The summed E-state index contributed by atoms with van der Waals surface area (Å²) in [7, 11) is 0. The molecule has 0 saturated heterocycles. The van der Waals surface area contributed by atoms with Gasteiger partial charge < -0.3 is 0 Å². The summed E-state index contributed by atoms with van der Waals surface area (Å²) in [6.45, 7) is 6.03. The van der Waals surface area contributed by atoms with Crippen molar-refractivity contribution < 1.29 is 4.79 Å². The van der Waals surface area contributed by atoms with E-state index < -0.39 is 0 Å². The average molecular weight is 269 g/mol. The van der Waals surface area contributed by atoms with Crippen molar-refractivity contribution in [2.45, 2.75) is 33.6 Å². The van der Waals surface area contributed by atoms with Gasteiger partial charge in [0.2, 0.25) is 0 Å². The Morgan fingerprint density at radius 3 is 2.53 bits per heavy atom. The molecule has 0 aliphatic rings. The molecule has 0 bridgehead atoms. The first-order valence-electron chi connectivity index (χ1n) is 5.30. The fraction of sp³-hybridized carbons (Fsp3) is 0.462. The SMILES string of the molecule is CC(=O)c1ccc(CCC(C)C)cc1Br. The third-order valence-electron chi connectivity index (χ3n) is 2.42. The van der Waals surface area contributed by atoms with E-state index in [4.69, 9.17) is 0 Å². The Morgan fingerprint density at radius 1 is 1.40 bits per heavy atom. The number of carbonyl (C=O) groups is 1. The lowest BCUT2D eigenvalue weighted by molar-refractivity contribution is 0.101. The van der Waals surface area contributed by atoms with E-state index in [1.54, 1.807) is 6.92 Å². The fourth-order valence-corrected chi connectivity index (χ4v) is 2.16. The molecule has 0 saturated carbocycles. The highest BCUT2D eigenvalue weighted by molar-refractivity contribution is 9.10. The molecule has 1 nitrogen and oxygen atoms in total. The van der Waals surface area contributed by atoms with Gasteiger partial charge in [0, 0.05) is 10.0 Å². The monoisotopic (exact) mass is 268 g/mol. The van der Waals surface area contributed by atoms with E-state index in [-0.39, 0.29) is 5.78 Å². The van der Waals surface area contributed by atoms with Crippen LogP contribution in [0, 0.1) is 5.92 Å². The number of hydrogen-bond acceptors (Lipinski definition) is 1. The van der Waals surface area contributed by atoms with Crippen LogP contribution in [0.15, 0.2) is 22.7 Å². The van der Waals surface area contributed by atoms with Crippen molar-refractivity contribution in [1.29, 1.82) is 0 Å². The highest BCUT2D eigenvalue weighted by Gasteiger charge is 2.06. The molecule has 0 unspecified atom stereocenters. The zero-order valence-electron chi connectivity index (χ0n) is 9.51. The predicted molar refractivity (Wildman–Crippen MR) is 67.3 cm³/mol. The van der Waals surface area contributed by atoms with Gasteiger partial charge in [-0.25, -0.2) is 0 Å². The van der Waals surface area contributed by atoms with Crippen molar-refractivity contribution in [3.63, 3.8) is 0 Å². The molecule has 2 heteroatoms. The molecule has 82 valence electrons. The summed E-state index contributed by atoms with van der Waals surface area (Å²) in [4.78, 5) is 11.2. The van der Waals surface area contributed by atoms with Gasteiger partial charge in [-0.3, -0.25) is 4.79 Å². The molecule has 1 aromatic carbocycles. The van der Waals surface area contributed by atoms with Crippen molar-refractivity contribution >= 4 is 21.7 Å². The molecule has 0 aliphatic carbocycles. The van der Waals surface area contributed by atoms with Crippen LogP contribution in [0.2, 0.25) is 0 Å². The van der Waals surface area contributed by atoms with Crippen LogP contribution in [0.4, 0.5) is 0 Å². The molecule has 0 fully saturated rings. The van der Waals surface area contributed by atoms with E-state index in [1.807, 2.05) is 12.1 Å². The first kappa shape index (κ1) is 12.4. The molecule has 0 radical (unpaired) electrons. The van der Waals surface area contributed by atoms with Gasteiger partial charge in [-0.05, 0) is 37.3 Å². The van der Waals surface area contributed by atoms with E-state index in [0.29, 0.717) is 0 Å². The van der Waals surface area contributed by atoms with E-state index in [0.717, 1.165) is 22.4 Å². The molecule has 0 spiro atoms. The second-order valence-electron chi connectivity index (χ2n) is 4.30. The largest absolute Gasteiger partial charge is 0.294 e. The van der Waals surface area contributed by atoms with Gasteiger partial charge in [0.1, 0.15) is 0 Å². The Labute approximate surface area is 100 Å². The summed E-state index contributed by atoms with van der Waals surface area (Å²) in [6.07, 6.45) is 2.26. The number of Topliss-reactive ketones (excluding diaryl/α,β-unsaturated/α-hetero) is 1. The summed E-state index contributed by atoms with van der Waals surface area (Å²) in [5.74, 6) is 0.827. The molecular formula is C13H17BrO. The van der Waals surface area contributed by atoms with Gasteiger partial charge in [-0.1, -0.05) is 41.9 Å². The normalized spacial score (nSPS) is 10.7. The minimum Gasteiger partial charge on any atom is -0.294 e. The molecule has 1 rings (SSSR count). The van der Waals surface area contributed by atoms with Gasteiger partial charge >= 0.3 is 0 Å². The Morgan fingerprint density at radius 2 is 2.07 bits per heavy atom. The predicted octanol–water partition coefficient (Wildman–Crippen LogP) is 4.24. The van der Waals surface area contributed by atoms with Crippen molar-refractivity contribution in [1.82, 2.24) is 0 Å².